The van der Waals surface area contributed by atoms with Crippen LogP contribution in [0.3, 0.4) is 0 Å². The second-order valence-corrected chi connectivity index (χ2v) is 7.38. The van der Waals surface area contributed by atoms with Gasteiger partial charge in [-0.05, 0) is 30.5 Å². The number of carbonyl (C=O) groups excluding carboxylic acids is 1. The lowest BCUT2D eigenvalue weighted by molar-refractivity contribution is -0.119. The fourth-order valence-corrected chi connectivity index (χ4v) is 3.36. The molecule has 1 amide bonds. The molecule has 3 rings (SSSR count). The van der Waals surface area contributed by atoms with Crippen molar-refractivity contribution in [1.82, 2.24) is 15.3 Å². The third kappa shape index (κ3) is 6.16. The van der Waals surface area contributed by atoms with Crippen molar-refractivity contribution in [3.05, 3.63) is 47.2 Å². The highest BCUT2D eigenvalue weighted by molar-refractivity contribution is 7.99. The summed E-state index contributed by atoms with van der Waals surface area (Å²) in [6, 6.07) is 9.48. The van der Waals surface area contributed by atoms with Crippen LogP contribution >= 0.6 is 23.4 Å². The lowest BCUT2D eigenvalue weighted by atomic mass is 10.2. The van der Waals surface area contributed by atoms with Crippen molar-refractivity contribution in [2.45, 2.75) is 30.5 Å². The van der Waals surface area contributed by atoms with Gasteiger partial charge in [0.25, 0.3) is 0 Å². The Labute approximate surface area is 162 Å². The molecule has 1 aromatic heterocycles. The highest BCUT2D eigenvalue weighted by atomic mass is 35.5. The van der Waals surface area contributed by atoms with E-state index in [0.717, 1.165) is 35.9 Å². The summed E-state index contributed by atoms with van der Waals surface area (Å²) in [4.78, 5) is 20.4. The summed E-state index contributed by atoms with van der Waals surface area (Å²) in [6.07, 6.45) is 3.74. The van der Waals surface area contributed by atoms with Crippen LogP contribution in [0.25, 0.3) is 0 Å². The molecule has 138 valence electrons. The van der Waals surface area contributed by atoms with Crippen LogP contribution in [-0.2, 0) is 16.1 Å². The number of aromatic nitrogens is 2. The van der Waals surface area contributed by atoms with Gasteiger partial charge in [0.05, 0.1) is 11.9 Å². The van der Waals surface area contributed by atoms with Crippen LogP contribution in [0.4, 0.5) is 5.82 Å². The van der Waals surface area contributed by atoms with Crippen molar-refractivity contribution in [3.8, 4) is 0 Å². The molecular weight excluding hydrogens is 372 g/mol. The Morgan fingerprint density at radius 2 is 2.15 bits per heavy atom. The van der Waals surface area contributed by atoms with Crippen molar-refractivity contribution in [2.24, 2.45) is 0 Å². The van der Waals surface area contributed by atoms with Gasteiger partial charge in [-0.15, -0.1) is 0 Å². The van der Waals surface area contributed by atoms with E-state index in [1.54, 1.807) is 0 Å². The quantitative estimate of drug-likeness (QED) is 0.531. The van der Waals surface area contributed by atoms with E-state index in [2.05, 4.69) is 20.6 Å². The summed E-state index contributed by atoms with van der Waals surface area (Å²) in [5.74, 6) is 1.03. The van der Waals surface area contributed by atoms with E-state index >= 15 is 0 Å². The molecule has 0 radical (unpaired) electrons. The summed E-state index contributed by atoms with van der Waals surface area (Å²) < 4.78 is 5.49. The zero-order valence-electron chi connectivity index (χ0n) is 14.3. The second-order valence-electron chi connectivity index (χ2n) is 5.95. The molecule has 2 N–H and O–H groups in total. The molecule has 1 fully saturated rings. The van der Waals surface area contributed by atoms with Gasteiger partial charge in [0.2, 0.25) is 5.91 Å². The van der Waals surface area contributed by atoms with Crippen molar-refractivity contribution < 1.29 is 9.53 Å². The zero-order chi connectivity index (χ0) is 18.2. The SMILES string of the molecule is O=C(CSc1cc(NCc2ccc(Cl)cc2)ncn1)NC[C@@H]1CCCO1. The number of rotatable bonds is 8. The maximum atomic E-state index is 11.9. The molecular formula is C18H21ClN4O2S. The Morgan fingerprint density at radius 1 is 1.31 bits per heavy atom. The van der Waals surface area contributed by atoms with Gasteiger partial charge in [0.1, 0.15) is 17.2 Å². The van der Waals surface area contributed by atoms with Gasteiger partial charge in [-0.2, -0.15) is 0 Å². The molecule has 1 atom stereocenters. The normalized spacial score (nSPS) is 16.4. The molecule has 1 aromatic carbocycles. The smallest absolute Gasteiger partial charge is 0.230 e. The van der Waals surface area contributed by atoms with Crippen molar-refractivity contribution in [3.63, 3.8) is 0 Å². The molecule has 8 heteroatoms. The van der Waals surface area contributed by atoms with Crippen LogP contribution in [0, 0.1) is 0 Å². The molecule has 26 heavy (non-hydrogen) atoms. The number of anilines is 1. The highest BCUT2D eigenvalue weighted by Gasteiger charge is 2.16. The van der Waals surface area contributed by atoms with Crippen molar-refractivity contribution >= 4 is 35.1 Å². The monoisotopic (exact) mass is 392 g/mol. The first-order valence-corrected chi connectivity index (χ1v) is 9.87. The van der Waals surface area contributed by atoms with Crippen LogP contribution in [0.15, 0.2) is 41.7 Å². The van der Waals surface area contributed by atoms with E-state index in [4.69, 9.17) is 16.3 Å². The number of nitrogens with zero attached hydrogens (tertiary/aromatic N) is 2. The van der Waals surface area contributed by atoms with Gasteiger partial charge in [-0.1, -0.05) is 35.5 Å². The minimum atomic E-state index is -0.0141. The van der Waals surface area contributed by atoms with E-state index in [-0.39, 0.29) is 12.0 Å². The number of carbonyl (C=O) groups is 1. The number of thioether (sulfide) groups is 1. The largest absolute Gasteiger partial charge is 0.376 e. The molecule has 0 aliphatic carbocycles. The fourth-order valence-electron chi connectivity index (χ4n) is 2.53. The number of hydrogen-bond acceptors (Lipinski definition) is 6. The lowest BCUT2D eigenvalue weighted by Crippen LogP contribution is -2.32. The van der Waals surface area contributed by atoms with Gasteiger partial charge in [-0.25, -0.2) is 9.97 Å². The summed E-state index contributed by atoms with van der Waals surface area (Å²) in [6.45, 7) is 2.01. The standard InChI is InChI=1S/C18H21ClN4O2S/c19-14-5-3-13(4-6-14)9-20-16-8-18(23-12-22-16)26-11-17(24)21-10-15-2-1-7-25-15/h3-6,8,12,15H,1-2,7,9-11H2,(H,21,24)(H,20,22,23)/t15-/m0/s1. The van der Waals surface area contributed by atoms with Crippen LogP contribution in [0.5, 0.6) is 0 Å². The average molecular weight is 393 g/mol. The van der Waals surface area contributed by atoms with Gasteiger partial charge < -0.3 is 15.4 Å². The maximum Gasteiger partial charge on any atom is 0.230 e. The molecule has 2 aromatic rings. The third-order valence-corrected chi connectivity index (χ3v) is 5.11. The van der Waals surface area contributed by atoms with E-state index in [9.17, 15) is 4.79 Å². The number of benzene rings is 1. The maximum absolute atomic E-state index is 11.9. The summed E-state index contributed by atoms with van der Waals surface area (Å²) in [5.41, 5.74) is 1.11. The van der Waals surface area contributed by atoms with Crippen LogP contribution in [0.1, 0.15) is 18.4 Å². The lowest BCUT2D eigenvalue weighted by Gasteiger charge is -2.10. The molecule has 1 aliphatic heterocycles. The van der Waals surface area contributed by atoms with Crippen LogP contribution in [0.2, 0.25) is 5.02 Å². The summed E-state index contributed by atoms with van der Waals surface area (Å²) in [5, 5.41) is 7.62. The average Bonchev–Trinajstić information content (AvgIpc) is 3.18. The molecule has 2 heterocycles. The van der Waals surface area contributed by atoms with Gasteiger partial charge in [-0.3, -0.25) is 4.79 Å². The van der Waals surface area contributed by atoms with Crippen LogP contribution in [-0.4, -0.2) is 40.9 Å². The molecule has 1 saturated heterocycles. The predicted octanol–water partition coefficient (Wildman–Crippen LogP) is 3.13. The number of ether oxygens (including phenoxy) is 1. The minimum Gasteiger partial charge on any atom is -0.376 e. The zero-order valence-corrected chi connectivity index (χ0v) is 15.9. The first-order chi connectivity index (χ1) is 12.7. The molecule has 0 spiro atoms. The van der Waals surface area contributed by atoms with Gasteiger partial charge >= 0.3 is 0 Å². The molecule has 0 bridgehead atoms. The van der Waals surface area contributed by atoms with E-state index in [0.29, 0.717) is 23.9 Å². The van der Waals surface area contributed by atoms with Gasteiger partial charge in [0, 0.05) is 30.8 Å². The minimum absolute atomic E-state index is 0.0141. The number of nitrogens with one attached hydrogen (secondary N) is 2. The Morgan fingerprint density at radius 3 is 2.92 bits per heavy atom. The first-order valence-electron chi connectivity index (χ1n) is 8.50. The fraction of sp³-hybridized carbons (Fsp3) is 0.389. The number of hydrogen-bond donors (Lipinski definition) is 2. The highest BCUT2D eigenvalue weighted by Crippen LogP contribution is 2.18. The Balaban J connectivity index is 1.42. The van der Waals surface area contributed by atoms with E-state index < -0.39 is 0 Å². The Bertz CT molecular complexity index is 723. The van der Waals surface area contributed by atoms with Crippen molar-refractivity contribution in [1.29, 1.82) is 0 Å². The molecule has 1 aliphatic rings. The van der Waals surface area contributed by atoms with Gasteiger partial charge in [0.15, 0.2) is 0 Å². The topological polar surface area (TPSA) is 76.1 Å². The van der Waals surface area contributed by atoms with Crippen LogP contribution < -0.4 is 10.6 Å². The Hall–Kier alpha value is -1.83. The Kier molecular flexibility index (Phi) is 7.11. The third-order valence-electron chi connectivity index (χ3n) is 3.93. The number of halogens is 1. The second kappa shape index (κ2) is 9.75. The summed E-state index contributed by atoms with van der Waals surface area (Å²) >= 11 is 7.27. The number of amides is 1. The summed E-state index contributed by atoms with van der Waals surface area (Å²) in [7, 11) is 0. The molecule has 0 unspecified atom stereocenters. The predicted molar refractivity (Wildman–Crippen MR) is 104 cm³/mol. The molecule has 0 saturated carbocycles. The van der Waals surface area contributed by atoms with E-state index in [1.807, 2.05) is 30.3 Å². The van der Waals surface area contributed by atoms with E-state index in [1.165, 1.54) is 18.1 Å². The first kappa shape index (κ1) is 18.9. The molecule has 6 nitrogen and oxygen atoms in total. The van der Waals surface area contributed by atoms with Crippen molar-refractivity contribution in [2.75, 3.05) is 24.2 Å².